The van der Waals surface area contributed by atoms with Crippen molar-refractivity contribution < 1.29 is 9.13 Å². The molecule has 1 N–H and O–H groups in total. The van der Waals surface area contributed by atoms with Crippen molar-refractivity contribution in [3.05, 3.63) is 60.0 Å². The first-order valence-electron chi connectivity index (χ1n) is 9.60. The van der Waals surface area contributed by atoms with E-state index in [1.54, 1.807) is 6.07 Å². The number of ether oxygens (including phenoxy) is 1. The number of anilines is 1. The van der Waals surface area contributed by atoms with E-state index in [-0.39, 0.29) is 5.56 Å². The first-order valence-corrected chi connectivity index (χ1v) is 9.60. The standard InChI is InChI=1S/C22H23FN4O/c23-20-6-5-18(15-17(20)16-24)28-14-2-9-26-10-12-27(13-11-26)22-4-1-3-21-19(22)7-8-25-21/h1,3-8,15,25H,2,9-14H2. The van der Waals surface area contributed by atoms with Crippen molar-refractivity contribution in [1.29, 1.82) is 5.26 Å². The van der Waals surface area contributed by atoms with Gasteiger partial charge in [-0.3, -0.25) is 4.90 Å². The highest BCUT2D eigenvalue weighted by atomic mass is 19.1. The van der Waals surface area contributed by atoms with Gasteiger partial charge in [-0.25, -0.2) is 4.39 Å². The van der Waals surface area contributed by atoms with Crippen LogP contribution in [0.1, 0.15) is 12.0 Å². The Bertz CT molecular complexity index is 986. The fourth-order valence-electron chi connectivity index (χ4n) is 3.71. The zero-order valence-electron chi connectivity index (χ0n) is 15.7. The highest BCUT2D eigenvalue weighted by Gasteiger charge is 2.18. The molecule has 1 fully saturated rings. The van der Waals surface area contributed by atoms with Gasteiger partial charge in [-0.1, -0.05) is 6.07 Å². The molecule has 0 aliphatic carbocycles. The second-order valence-corrected chi connectivity index (χ2v) is 7.00. The van der Waals surface area contributed by atoms with E-state index in [1.807, 2.05) is 12.3 Å². The molecule has 1 aliphatic heterocycles. The lowest BCUT2D eigenvalue weighted by molar-refractivity contribution is 0.225. The monoisotopic (exact) mass is 378 g/mol. The van der Waals surface area contributed by atoms with Gasteiger partial charge in [0.2, 0.25) is 0 Å². The molecule has 0 saturated carbocycles. The molecule has 1 saturated heterocycles. The third-order valence-corrected chi connectivity index (χ3v) is 5.23. The number of hydrogen-bond donors (Lipinski definition) is 1. The van der Waals surface area contributed by atoms with Crippen molar-refractivity contribution in [2.45, 2.75) is 6.42 Å². The summed E-state index contributed by atoms with van der Waals surface area (Å²) in [7, 11) is 0. The zero-order chi connectivity index (χ0) is 19.3. The lowest BCUT2D eigenvalue weighted by Gasteiger charge is -2.36. The van der Waals surface area contributed by atoms with E-state index in [4.69, 9.17) is 10.00 Å². The molecule has 0 radical (unpaired) electrons. The SMILES string of the molecule is N#Cc1cc(OCCCN2CCN(c3cccc4[nH]ccc34)CC2)ccc1F. The molecule has 1 aliphatic rings. The van der Waals surface area contributed by atoms with Gasteiger partial charge in [0.15, 0.2) is 0 Å². The van der Waals surface area contributed by atoms with Crippen LogP contribution in [0.25, 0.3) is 10.9 Å². The zero-order valence-corrected chi connectivity index (χ0v) is 15.7. The van der Waals surface area contributed by atoms with Gasteiger partial charge in [-0.05, 0) is 36.8 Å². The van der Waals surface area contributed by atoms with Crippen LogP contribution in [0.15, 0.2) is 48.7 Å². The lowest BCUT2D eigenvalue weighted by Crippen LogP contribution is -2.46. The molecular weight excluding hydrogens is 355 g/mol. The summed E-state index contributed by atoms with van der Waals surface area (Å²) in [6.07, 6.45) is 2.89. The minimum absolute atomic E-state index is 0.0195. The molecule has 1 aromatic heterocycles. The Labute approximate surface area is 163 Å². The molecule has 0 atom stereocenters. The quantitative estimate of drug-likeness (QED) is 0.664. The number of piperazine rings is 1. The maximum Gasteiger partial charge on any atom is 0.141 e. The van der Waals surface area contributed by atoms with E-state index >= 15 is 0 Å². The van der Waals surface area contributed by atoms with Gasteiger partial charge in [-0.15, -0.1) is 0 Å². The number of nitrogens with one attached hydrogen (secondary N) is 1. The van der Waals surface area contributed by atoms with Crippen LogP contribution in [0, 0.1) is 17.1 Å². The predicted molar refractivity (Wildman–Crippen MR) is 108 cm³/mol. The van der Waals surface area contributed by atoms with Crippen LogP contribution in [0.5, 0.6) is 5.75 Å². The van der Waals surface area contributed by atoms with Crippen LogP contribution >= 0.6 is 0 Å². The fourth-order valence-corrected chi connectivity index (χ4v) is 3.71. The molecule has 3 aromatic rings. The summed E-state index contributed by atoms with van der Waals surface area (Å²) < 4.78 is 19.0. The van der Waals surface area contributed by atoms with Crippen LogP contribution in [-0.2, 0) is 0 Å². The van der Waals surface area contributed by atoms with Gasteiger partial charge in [0.25, 0.3) is 0 Å². The number of aromatic nitrogens is 1. The second-order valence-electron chi connectivity index (χ2n) is 7.00. The smallest absolute Gasteiger partial charge is 0.141 e. The maximum absolute atomic E-state index is 13.3. The van der Waals surface area contributed by atoms with Gasteiger partial charge in [0.1, 0.15) is 17.6 Å². The molecule has 2 aromatic carbocycles. The summed E-state index contributed by atoms with van der Waals surface area (Å²) in [5, 5.41) is 10.2. The van der Waals surface area contributed by atoms with Crippen molar-refractivity contribution in [1.82, 2.24) is 9.88 Å². The topological polar surface area (TPSA) is 55.3 Å². The number of nitrogens with zero attached hydrogens (tertiary/aromatic N) is 3. The number of benzene rings is 2. The molecule has 0 unspecified atom stereocenters. The van der Waals surface area contributed by atoms with E-state index in [0.717, 1.165) is 39.1 Å². The van der Waals surface area contributed by atoms with E-state index in [0.29, 0.717) is 12.4 Å². The Morgan fingerprint density at radius 3 is 2.79 bits per heavy atom. The summed E-state index contributed by atoms with van der Waals surface area (Å²) >= 11 is 0. The number of nitriles is 1. The summed E-state index contributed by atoms with van der Waals surface area (Å²) in [5.41, 5.74) is 2.50. The summed E-state index contributed by atoms with van der Waals surface area (Å²) in [4.78, 5) is 8.17. The van der Waals surface area contributed by atoms with Crippen molar-refractivity contribution in [3.8, 4) is 11.8 Å². The molecule has 28 heavy (non-hydrogen) atoms. The third kappa shape index (κ3) is 3.95. The molecule has 5 nitrogen and oxygen atoms in total. The Morgan fingerprint density at radius 2 is 1.96 bits per heavy atom. The van der Waals surface area contributed by atoms with Crippen LogP contribution < -0.4 is 9.64 Å². The maximum atomic E-state index is 13.3. The van der Waals surface area contributed by atoms with Crippen molar-refractivity contribution in [2.24, 2.45) is 0 Å². The third-order valence-electron chi connectivity index (χ3n) is 5.23. The minimum atomic E-state index is -0.511. The Kier molecular flexibility index (Phi) is 5.45. The lowest BCUT2D eigenvalue weighted by atomic mass is 10.1. The Hall–Kier alpha value is -3.04. The average Bonchev–Trinajstić information content (AvgIpc) is 3.22. The number of fused-ring (bicyclic) bond motifs is 1. The number of H-pyrrole nitrogens is 1. The van der Waals surface area contributed by atoms with Gasteiger partial charge < -0.3 is 14.6 Å². The molecule has 4 rings (SSSR count). The summed E-state index contributed by atoms with van der Waals surface area (Å²) in [5.74, 6) is 0.0328. The molecule has 0 bridgehead atoms. The van der Waals surface area contributed by atoms with Gasteiger partial charge in [-0.2, -0.15) is 5.26 Å². The molecule has 6 heteroatoms. The van der Waals surface area contributed by atoms with Crippen molar-refractivity contribution in [3.63, 3.8) is 0 Å². The van der Waals surface area contributed by atoms with Crippen molar-refractivity contribution >= 4 is 16.6 Å². The highest BCUT2D eigenvalue weighted by Crippen LogP contribution is 2.27. The molecule has 0 amide bonds. The fraction of sp³-hybridized carbons (Fsp3) is 0.318. The number of halogens is 1. The first kappa shape index (κ1) is 18.3. The van der Waals surface area contributed by atoms with Crippen molar-refractivity contribution in [2.75, 3.05) is 44.2 Å². The van der Waals surface area contributed by atoms with Gasteiger partial charge in [0.05, 0.1) is 12.2 Å². The summed E-state index contributed by atoms with van der Waals surface area (Å²) in [6.45, 7) is 5.59. The van der Waals surface area contributed by atoms with Crippen LogP contribution in [0.4, 0.5) is 10.1 Å². The minimum Gasteiger partial charge on any atom is -0.493 e. The predicted octanol–water partition coefficient (Wildman–Crippen LogP) is 3.77. The van der Waals surface area contributed by atoms with Gasteiger partial charge in [0, 0.05) is 61.6 Å². The molecule has 2 heterocycles. The molecular formula is C22H23FN4O. The van der Waals surface area contributed by atoms with Gasteiger partial charge >= 0.3 is 0 Å². The molecule has 144 valence electrons. The van der Waals surface area contributed by atoms with E-state index in [2.05, 4.69) is 39.0 Å². The van der Waals surface area contributed by atoms with Crippen LogP contribution in [0.3, 0.4) is 0 Å². The largest absolute Gasteiger partial charge is 0.493 e. The number of aromatic amines is 1. The first-order chi connectivity index (χ1) is 13.7. The molecule has 0 spiro atoms. The second kappa shape index (κ2) is 8.32. The number of rotatable bonds is 6. The number of hydrogen-bond acceptors (Lipinski definition) is 4. The van der Waals surface area contributed by atoms with Crippen LogP contribution in [0.2, 0.25) is 0 Å². The summed E-state index contributed by atoms with van der Waals surface area (Å²) in [6, 6.07) is 14.7. The highest BCUT2D eigenvalue weighted by molar-refractivity contribution is 5.92. The Balaban J connectivity index is 1.23. The van der Waals surface area contributed by atoms with E-state index in [1.165, 1.54) is 28.7 Å². The Morgan fingerprint density at radius 1 is 1.11 bits per heavy atom. The van der Waals surface area contributed by atoms with E-state index < -0.39 is 5.82 Å². The normalized spacial score (nSPS) is 14.9. The van der Waals surface area contributed by atoms with Crippen LogP contribution in [-0.4, -0.2) is 49.2 Å². The van der Waals surface area contributed by atoms with E-state index in [9.17, 15) is 4.39 Å². The average molecular weight is 378 g/mol.